The van der Waals surface area contributed by atoms with E-state index in [9.17, 15) is 4.79 Å². The van der Waals surface area contributed by atoms with Gasteiger partial charge in [-0.3, -0.25) is 4.79 Å². The first-order valence-corrected chi connectivity index (χ1v) is 7.03. The van der Waals surface area contributed by atoms with Gasteiger partial charge in [-0.05, 0) is 36.1 Å². The van der Waals surface area contributed by atoms with E-state index < -0.39 is 5.91 Å². The molecule has 1 aliphatic heterocycles. The second-order valence-electron chi connectivity index (χ2n) is 5.27. The van der Waals surface area contributed by atoms with Gasteiger partial charge in [0.05, 0.1) is 5.69 Å². The molecule has 4 N–H and O–H groups in total. The molecule has 5 heteroatoms. The Morgan fingerprint density at radius 2 is 1.90 bits per heavy atom. The molecule has 21 heavy (non-hydrogen) atoms. The minimum atomic E-state index is -0.536. The van der Waals surface area contributed by atoms with Gasteiger partial charge >= 0.3 is 0 Å². The number of nitrogens with zero attached hydrogens (tertiary/aromatic N) is 2. The van der Waals surface area contributed by atoms with Crippen LogP contribution >= 0.6 is 0 Å². The van der Waals surface area contributed by atoms with Crippen molar-refractivity contribution in [2.24, 2.45) is 5.73 Å². The molecule has 108 valence electrons. The Kier molecular flexibility index (Phi) is 3.48. The van der Waals surface area contributed by atoms with Crippen molar-refractivity contribution in [2.45, 2.75) is 19.4 Å². The van der Waals surface area contributed by atoms with Gasteiger partial charge in [0, 0.05) is 13.1 Å². The van der Waals surface area contributed by atoms with Crippen LogP contribution in [0.3, 0.4) is 0 Å². The van der Waals surface area contributed by atoms with Crippen LogP contribution in [0.2, 0.25) is 0 Å². The number of carbonyl (C=O) groups is 1. The normalized spacial score (nSPS) is 14.4. The number of rotatable bonds is 2. The lowest BCUT2D eigenvalue weighted by Gasteiger charge is -2.23. The Morgan fingerprint density at radius 3 is 2.67 bits per heavy atom. The number of hydrogen-bond donors (Lipinski definition) is 2. The van der Waals surface area contributed by atoms with Gasteiger partial charge in [-0.15, -0.1) is 0 Å². The standard InChI is InChI=1S/C16H18N4O/c17-13-7-8-14(15(18)21)19-16(13)20-9-3-6-11-4-1-2-5-12(11)10-20/h1-2,4-5,7-8H,3,6,9-10,17H2,(H2,18,21). The summed E-state index contributed by atoms with van der Waals surface area (Å²) >= 11 is 0. The first kappa shape index (κ1) is 13.4. The summed E-state index contributed by atoms with van der Waals surface area (Å²) in [7, 11) is 0. The summed E-state index contributed by atoms with van der Waals surface area (Å²) in [5.74, 6) is 0.106. The van der Waals surface area contributed by atoms with Crippen LogP contribution in [0.5, 0.6) is 0 Å². The van der Waals surface area contributed by atoms with Gasteiger partial charge in [0.1, 0.15) is 5.69 Å². The zero-order chi connectivity index (χ0) is 14.8. The molecule has 0 radical (unpaired) electrons. The van der Waals surface area contributed by atoms with E-state index >= 15 is 0 Å². The van der Waals surface area contributed by atoms with Gasteiger partial charge in [0.25, 0.3) is 5.91 Å². The maximum Gasteiger partial charge on any atom is 0.267 e. The summed E-state index contributed by atoms with van der Waals surface area (Å²) < 4.78 is 0. The molecule has 3 rings (SSSR count). The molecule has 0 unspecified atom stereocenters. The highest BCUT2D eigenvalue weighted by molar-refractivity contribution is 5.91. The van der Waals surface area contributed by atoms with Crippen LogP contribution in [0, 0.1) is 0 Å². The average Bonchev–Trinajstić information content (AvgIpc) is 2.69. The fourth-order valence-corrected chi connectivity index (χ4v) is 2.73. The number of amides is 1. The summed E-state index contributed by atoms with van der Waals surface area (Å²) in [6, 6.07) is 11.6. The lowest BCUT2D eigenvalue weighted by atomic mass is 10.0. The molecule has 0 spiro atoms. The van der Waals surface area contributed by atoms with Crippen molar-refractivity contribution in [3.63, 3.8) is 0 Å². The summed E-state index contributed by atoms with van der Waals surface area (Å²) in [5, 5.41) is 0. The second-order valence-corrected chi connectivity index (χ2v) is 5.27. The van der Waals surface area contributed by atoms with Crippen molar-refractivity contribution >= 4 is 17.4 Å². The molecular weight excluding hydrogens is 264 g/mol. The van der Waals surface area contributed by atoms with Crippen molar-refractivity contribution in [1.29, 1.82) is 0 Å². The monoisotopic (exact) mass is 282 g/mol. The van der Waals surface area contributed by atoms with Crippen LogP contribution in [0.1, 0.15) is 28.0 Å². The van der Waals surface area contributed by atoms with Crippen LogP contribution in [0.15, 0.2) is 36.4 Å². The maximum absolute atomic E-state index is 11.3. The van der Waals surface area contributed by atoms with E-state index in [2.05, 4.69) is 28.1 Å². The van der Waals surface area contributed by atoms with E-state index in [1.165, 1.54) is 11.1 Å². The van der Waals surface area contributed by atoms with E-state index in [1.54, 1.807) is 12.1 Å². The van der Waals surface area contributed by atoms with Crippen molar-refractivity contribution in [2.75, 3.05) is 17.2 Å². The maximum atomic E-state index is 11.3. The molecule has 2 aromatic rings. The van der Waals surface area contributed by atoms with Crippen molar-refractivity contribution in [1.82, 2.24) is 4.98 Å². The van der Waals surface area contributed by atoms with Crippen LogP contribution in [-0.2, 0) is 13.0 Å². The predicted molar refractivity (Wildman–Crippen MR) is 83.0 cm³/mol. The Labute approximate surface area is 123 Å². The highest BCUT2D eigenvalue weighted by Crippen LogP contribution is 2.26. The van der Waals surface area contributed by atoms with Crippen molar-refractivity contribution < 1.29 is 4.79 Å². The molecule has 0 bridgehead atoms. The van der Waals surface area contributed by atoms with Crippen molar-refractivity contribution in [3.05, 3.63) is 53.2 Å². The number of primary amides is 1. The SMILES string of the molecule is NC(=O)c1ccc(N)c(N2CCCc3ccccc3C2)n1. The molecule has 2 heterocycles. The Balaban J connectivity index is 1.97. The molecule has 1 amide bonds. The number of carbonyl (C=O) groups excluding carboxylic acids is 1. The first-order valence-electron chi connectivity index (χ1n) is 7.03. The molecule has 1 aromatic heterocycles. The molecule has 0 atom stereocenters. The predicted octanol–water partition coefficient (Wildman–Crippen LogP) is 1.72. The number of hydrogen-bond acceptors (Lipinski definition) is 4. The third kappa shape index (κ3) is 2.67. The molecule has 1 aromatic carbocycles. The number of aryl methyl sites for hydroxylation is 1. The zero-order valence-corrected chi connectivity index (χ0v) is 11.7. The van der Waals surface area contributed by atoms with E-state index in [0.717, 1.165) is 25.9 Å². The largest absolute Gasteiger partial charge is 0.396 e. The van der Waals surface area contributed by atoms with Gasteiger partial charge in [0.2, 0.25) is 0 Å². The van der Waals surface area contributed by atoms with Crippen molar-refractivity contribution in [3.8, 4) is 0 Å². The van der Waals surface area contributed by atoms with Gasteiger partial charge in [-0.25, -0.2) is 4.98 Å². The number of aromatic nitrogens is 1. The van der Waals surface area contributed by atoms with Gasteiger partial charge in [0.15, 0.2) is 5.82 Å². The van der Waals surface area contributed by atoms with Gasteiger partial charge < -0.3 is 16.4 Å². The van der Waals surface area contributed by atoms with E-state index in [-0.39, 0.29) is 5.69 Å². The summed E-state index contributed by atoms with van der Waals surface area (Å²) in [5.41, 5.74) is 14.8. The van der Waals surface area contributed by atoms with E-state index in [1.807, 2.05) is 6.07 Å². The Morgan fingerprint density at radius 1 is 1.14 bits per heavy atom. The Bertz CT molecular complexity index is 684. The molecule has 0 aliphatic carbocycles. The third-order valence-electron chi connectivity index (χ3n) is 3.81. The number of anilines is 2. The lowest BCUT2D eigenvalue weighted by Crippen LogP contribution is -2.26. The van der Waals surface area contributed by atoms with Crippen LogP contribution in [-0.4, -0.2) is 17.4 Å². The highest BCUT2D eigenvalue weighted by atomic mass is 16.1. The van der Waals surface area contributed by atoms with E-state index in [4.69, 9.17) is 11.5 Å². The smallest absolute Gasteiger partial charge is 0.267 e. The minimum Gasteiger partial charge on any atom is -0.396 e. The number of fused-ring (bicyclic) bond motifs is 1. The minimum absolute atomic E-state index is 0.247. The van der Waals surface area contributed by atoms with Gasteiger partial charge in [-0.1, -0.05) is 24.3 Å². The fourth-order valence-electron chi connectivity index (χ4n) is 2.73. The fraction of sp³-hybridized carbons (Fsp3) is 0.250. The third-order valence-corrected chi connectivity index (χ3v) is 3.81. The highest BCUT2D eigenvalue weighted by Gasteiger charge is 2.18. The quantitative estimate of drug-likeness (QED) is 0.878. The zero-order valence-electron chi connectivity index (χ0n) is 11.7. The molecule has 0 saturated carbocycles. The summed E-state index contributed by atoms with van der Waals surface area (Å²) in [4.78, 5) is 17.8. The molecule has 0 fully saturated rings. The summed E-state index contributed by atoms with van der Waals surface area (Å²) in [6.45, 7) is 1.60. The molecule has 5 nitrogen and oxygen atoms in total. The lowest BCUT2D eigenvalue weighted by molar-refractivity contribution is 0.0995. The molecule has 0 saturated heterocycles. The van der Waals surface area contributed by atoms with E-state index in [0.29, 0.717) is 11.5 Å². The number of nitrogens with two attached hydrogens (primary N) is 2. The summed E-state index contributed by atoms with van der Waals surface area (Å²) in [6.07, 6.45) is 2.07. The van der Waals surface area contributed by atoms with Crippen LogP contribution < -0.4 is 16.4 Å². The number of pyridine rings is 1. The molecule has 1 aliphatic rings. The van der Waals surface area contributed by atoms with Crippen LogP contribution in [0.25, 0.3) is 0 Å². The molecular formula is C16H18N4O. The average molecular weight is 282 g/mol. The number of nitrogen functional groups attached to an aromatic ring is 1. The van der Waals surface area contributed by atoms with Gasteiger partial charge in [-0.2, -0.15) is 0 Å². The van der Waals surface area contributed by atoms with Crippen LogP contribution in [0.4, 0.5) is 11.5 Å². The Hall–Kier alpha value is -2.56. The number of benzene rings is 1. The first-order chi connectivity index (χ1) is 10.1. The second kappa shape index (κ2) is 5.44. The topological polar surface area (TPSA) is 85.2 Å².